The summed E-state index contributed by atoms with van der Waals surface area (Å²) < 4.78 is 73.2. The lowest BCUT2D eigenvalue weighted by Gasteiger charge is -2.37. The molecule has 0 aliphatic carbocycles. The van der Waals surface area contributed by atoms with Crippen molar-refractivity contribution in [1.82, 2.24) is 5.01 Å². The van der Waals surface area contributed by atoms with Crippen molar-refractivity contribution >= 4 is 34.3 Å². The van der Waals surface area contributed by atoms with Crippen LogP contribution in [0.2, 0.25) is 0 Å². The van der Waals surface area contributed by atoms with Crippen molar-refractivity contribution in [1.29, 1.82) is 0 Å². The number of nitrogens with zero attached hydrogens (tertiary/aromatic N) is 2. The van der Waals surface area contributed by atoms with Crippen molar-refractivity contribution in [2.45, 2.75) is 78.1 Å². The fourth-order valence-electron chi connectivity index (χ4n) is 4.09. The Labute approximate surface area is 211 Å². The van der Waals surface area contributed by atoms with Crippen LogP contribution in [0.15, 0.2) is 17.2 Å². The topological polar surface area (TPSA) is 107 Å². The monoisotopic (exact) mass is 529 g/mol. The minimum Gasteiger partial charge on any atom is -0.407 e. The molecule has 36 heavy (non-hydrogen) atoms. The zero-order valence-corrected chi connectivity index (χ0v) is 22.2. The smallest absolute Gasteiger partial charge is 0.407 e. The summed E-state index contributed by atoms with van der Waals surface area (Å²) in [6.45, 7) is 9.60. The van der Waals surface area contributed by atoms with E-state index in [-0.39, 0.29) is 17.9 Å². The number of ketones is 1. The van der Waals surface area contributed by atoms with E-state index in [2.05, 4.69) is 5.10 Å². The largest absolute Gasteiger partial charge is 0.483 e. The number of hydrogen-bond donors (Lipinski definition) is 1. The van der Waals surface area contributed by atoms with Gasteiger partial charge in [0.1, 0.15) is 23.4 Å². The van der Waals surface area contributed by atoms with Crippen LogP contribution in [0.1, 0.15) is 70.7 Å². The molecule has 2 heterocycles. The van der Waals surface area contributed by atoms with Crippen LogP contribution in [0.3, 0.4) is 0 Å². The first-order valence-electron chi connectivity index (χ1n) is 12.1. The van der Waals surface area contributed by atoms with Crippen molar-refractivity contribution in [3.8, 4) is 0 Å². The van der Waals surface area contributed by atoms with Gasteiger partial charge < -0.3 is 14.0 Å². The molecular weight excluding hydrogens is 495 g/mol. The van der Waals surface area contributed by atoms with Crippen LogP contribution < -0.4 is 4.72 Å². The van der Waals surface area contributed by atoms with Crippen molar-refractivity contribution in [3.05, 3.63) is 29.3 Å². The van der Waals surface area contributed by atoms with Gasteiger partial charge in [-0.2, -0.15) is 5.10 Å². The lowest BCUT2D eigenvalue weighted by atomic mass is 9.79. The van der Waals surface area contributed by atoms with Gasteiger partial charge in [0.25, 0.3) is 0 Å². The zero-order chi connectivity index (χ0) is 26.7. The van der Waals surface area contributed by atoms with Crippen molar-refractivity contribution in [3.63, 3.8) is 0 Å². The molecule has 13 heteroatoms. The summed E-state index contributed by atoms with van der Waals surface area (Å²) >= 11 is 0. The molecule has 2 fully saturated rings. The van der Waals surface area contributed by atoms with Gasteiger partial charge in [-0.25, -0.2) is 17.2 Å². The second-order valence-corrected chi connectivity index (χ2v) is 11.6. The van der Waals surface area contributed by atoms with E-state index in [1.165, 1.54) is 6.92 Å². The molecular formula is C23H34BF2N3O6S. The lowest BCUT2D eigenvalue weighted by Crippen LogP contribution is -2.50. The molecule has 2 aliphatic rings. The average Bonchev–Trinajstić information content (AvgIpc) is 3.19. The first-order valence-corrected chi connectivity index (χ1v) is 13.8. The van der Waals surface area contributed by atoms with Crippen LogP contribution in [0.4, 0.5) is 14.5 Å². The number of carbonyl (C=O) groups excluding carboxylic acids is 1. The van der Waals surface area contributed by atoms with E-state index in [9.17, 15) is 17.6 Å². The van der Waals surface area contributed by atoms with E-state index < -0.39 is 63.6 Å². The van der Waals surface area contributed by atoms with Gasteiger partial charge in [-0.1, -0.05) is 6.92 Å². The van der Waals surface area contributed by atoms with Gasteiger partial charge in [-0.15, -0.1) is 0 Å². The van der Waals surface area contributed by atoms with Crippen LogP contribution in [-0.4, -0.2) is 68.8 Å². The molecule has 3 rings (SSSR count). The van der Waals surface area contributed by atoms with Crippen LogP contribution in [0, 0.1) is 11.6 Å². The number of hydrogen-bond acceptors (Lipinski definition) is 8. The molecule has 0 saturated carbocycles. The molecule has 2 unspecified atom stereocenters. The highest BCUT2D eigenvalue weighted by Gasteiger charge is 2.45. The lowest BCUT2D eigenvalue weighted by molar-refractivity contribution is -0.0932. The molecule has 1 N–H and O–H groups in total. The number of ether oxygens (including phenoxy) is 1. The Morgan fingerprint density at radius 1 is 1.33 bits per heavy atom. The Kier molecular flexibility index (Phi) is 9.13. The molecule has 2 atom stereocenters. The van der Waals surface area contributed by atoms with Crippen molar-refractivity contribution in [2.75, 3.05) is 23.7 Å². The highest BCUT2D eigenvalue weighted by atomic mass is 32.2. The molecule has 1 aromatic carbocycles. The maximum absolute atomic E-state index is 15.2. The molecule has 1 aromatic rings. The van der Waals surface area contributed by atoms with Crippen LogP contribution in [-0.2, 0) is 24.1 Å². The Morgan fingerprint density at radius 3 is 2.64 bits per heavy atom. The van der Waals surface area contributed by atoms with Gasteiger partial charge >= 0.3 is 7.12 Å². The molecule has 200 valence electrons. The number of benzene rings is 1. The van der Waals surface area contributed by atoms with Crippen molar-refractivity contribution < 1.29 is 36.0 Å². The summed E-state index contributed by atoms with van der Waals surface area (Å²) in [5.74, 6) is -3.99. The van der Waals surface area contributed by atoms with E-state index >= 15 is 4.39 Å². The predicted molar refractivity (Wildman–Crippen MR) is 133 cm³/mol. The zero-order valence-electron chi connectivity index (χ0n) is 21.3. The van der Waals surface area contributed by atoms with Gasteiger partial charge in [0.15, 0.2) is 5.82 Å². The van der Waals surface area contributed by atoms with Crippen LogP contribution >= 0.6 is 0 Å². The van der Waals surface area contributed by atoms with Crippen LogP contribution in [0.5, 0.6) is 0 Å². The standard InChI is InChI=1S/C23H34BF2N3O6S/c1-6-13-36(31,32)28-21-18(25)11-10-17(20(21)26)22(30)15(2)27-29(19-9-7-8-12-33-19)16(3)24-34-14-23(4,5)35-24/h10-11,16,19,28H,6-9,12-14H2,1-5H3/b27-15+. The summed E-state index contributed by atoms with van der Waals surface area (Å²) in [5.41, 5.74) is -1.96. The third-order valence-electron chi connectivity index (χ3n) is 5.95. The van der Waals surface area contributed by atoms with Crippen LogP contribution in [0.25, 0.3) is 0 Å². The Balaban J connectivity index is 1.91. The van der Waals surface area contributed by atoms with E-state index in [0.717, 1.165) is 25.0 Å². The van der Waals surface area contributed by atoms with E-state index in [1.807, 2.05) is 25.5 Å². The SMILES string of the molecule is CCCS(=O)(=O)Nc1c(F)ccc(C(=O)/C(C)=N/N(C2CCCCO2)C(C)B2OCC(C)(C)O2)c1F. The number of anilines is 1. The van der Waals surface area contributed by atoms with Gasteiger partial charge in [-0.3, -0.25) is 14.5 Å². The van der Waals surface area contributed by atoms with Gasteiger partial charge in [-0.05, 0) is 65.5 Å². The number of halogens is 2. The maximum atomic E-state index is 15.2. The molecule has 2 aliphatic heterocycles. The third kappa shape index (κ3) is 6.81. The highest BCUT2D eigenvalue weighted by Crippen LogP contribution is 2.28. The summed E-state index contributed by atoms with van der Waals surface area (Å²) in [6, 6.07) is 1.82. The van der Waals surface area contributed by atoms with Gasteiger partial charge in [0, 0.05) is 6.61 Å². The number of hydrazone groups is 1. The first kappa shape index (κ1) is 28.5. The minimum absolute atomic E-state index is 0.0823. The number of sulfonamides is 1. The molecule has 0 aromatic heterocycles. The van der Waals surface area contributed by atoms with Gasteiger partial charge in [0.05, 0.1) is 29.5 Å². The third-order valence-corrected chi connectivity index (χ3v) is 7.41. The minimum atomic E-state index is -3.98. The number of nitrogens with one attached hydrogen (secondary N) is 1. The molecule has 0 amide bonds. The highest BCUT2D eigenvalue weighted by molar-refractivity contribution is 7.92. The quantitative estimate of drug-likeness (QED) is 0.213. The van der Waals surface area contributed by atoms with E-state index in [4.69, 9.17) is 14.0 Å². The second kappa shape index (κ2) is 11.5. The molecule has 0 radical (unpaired) electrons. The van der Waals surface area contributed by atoms with E-state index in [0.29, 0.717) is 19.6 Å². The van der Waals surface area contributed by atoms with E-state index in [1.54, 1.807) is 11.9 Å². The van der Waals surface area contributed by atoms with Gasteiger partial charge in [0.2, 0.25) is 15.8 Å². The normalized spacial score (nSPS) is 21.4. The fraction of sp³-hybridized carbons (Fsp3) is 0.652. The summed E-state index contributed by atoms with van der Waals surface area (Å²) in [5, 5.41) is 6.08. The van der Waals surface area contributed by atoms with Crippen molar-refractivity contribution in [2.24, 2.45) is 5.10 Å². The first-order chi connectivity index (χ1) is 16.8. The maximum Gasteiger partial charge on any atom is 0.483 e. The molecule has 2 saturated heterocycles. The number of rotatable bonds is 10. The Hall–Kier alpha value is -2.09. The molecule has 0 bridgehead atoms. The number of carbonyl (C=O) groups is 1. The molecule has 9 nitrogen and oxygen atoms in total. The molecule has 0 spiro atoms. The number of Topliss-reactive ketones (excluding diaryl/α,β-unsaturated/α-hetero) is 1. The Morgan fingerprint density at radius 2 is 2.06 bits per heavy atom. The summed E-state index contributed by atoms with van der Waals surface area (Å²) in [7, 11) is -4.61. The summed E-state index contributed by atoms with van der Waals surface area (Å²) in [4.78, 5) is 13.2. The second-order valence-electron chi connectivity index (χ2n) is 9.72. The summed E-state index contributed by atoms with van der Waals surface area (Å²) in [6.07, 6.45) is 2.29. The predicted octanol–water partition coefficient (Wildman–Crippen LogP) is 3.75. The Bertz CT molecular complexity index is 1100. The average molecular weight is 529 g/mol. The fourth-order valence-corrected chi connectivity index (χ4v) is 5.23.